The van der Waals surface area contributed by atoms with Gasteiger partial charge in [0, 0.05) is 11.3 Å². The van der Waals surface area contributed by atoms with E-state index in [-0.39, 0.29) is 28.9 Å². The van der Waals surface area contributed by atoms with Gasteiger partial charge in [0.1, 0.15) is 0 Å². The molecular formula is C26H21ClF3N5O2S. The van der Waals surface area contributed by atoms with Gasteiger partial charge in [-0.05, 0) is 55.0 Å². The number of alkyl halides is 3. The van der Waals surface area contributed by atoms with Gasteiger partial charge in [0.2, 0.25) is 5.91 Å². The van der Waals surface area contributed by atoms with E-state index in [1.54, 1.807) is 28.8 Å². The second-order valence-corrected chi connectivity index (χ2v) is 9.50. The fraction of sp³-hybridized carbons (Fsp3) is 0.154. The molecule has 0 fully saturated rings. The molecule has 7 nitrogen and oxygen atoms in total. The van der Waals surface area contributed by atoms with Gasteiger partial charge in [-0.15, -0.1) is 10.2 Å². The molecule has 2 N–H and O–H groups in total. The second kappa shape index (κ2) is 11.7. The summed E-state index contributed by atoms with van der Waals surface area (Å²) in [6.07, 6.45) is -4.57. The Labute approximate surface area is 225 Å². The van der Waals surface area contributed by atoms with Gasteiger partial charge in [-0.3, -0.25) is 14.2 Å². The van der Waals surface area contributed by atoms with Crippen LogP contribution in [0.4, 0.5) is 18.9 Å². The minimum atomic E-state index is -4.57. The summed E-state index contributed by atoms with van der Waals surface area (Å²) in [6.45, 7) is 1.99. The number of aromatic nitrogens is 3. The predicted octanol–water partition coefficient (Wildman–Crippen LogP) is 5.91. The average molecular weight is 560 g/mol. The van der Waals surface area contributed by atoms with Crippen LogP contribution >= 0.6 is 23.4 Å². The summed E-state index contributed by atoms with van der Waals surface area (Å²) >= 11 is 7.03. The highest BCUT2D eigenvalue weighted by Gasteiger charge is 2.31. The number of hydrogen-bond acceptors (Lipinski definition) is 5. The molecule has 2 amide bonds. The maximum atomic E-state index is 13.0. The van der Waals surface area contributed by atoms with E-state index in [4.69, 9.17) is 11.6 Å². The van der Waals surface area contributed by atoms with Crippen LogP contribution in [0, 0.1) is 6.92 Å². The Hall–Kier alpha value is -3.83. The third-order valence-corrected chi connectivity index (χ3v) is 6.56. The molecule has 0 atom stereocenters. The summed E-state index contributed by atoms with van der Waals surface area (Å²) in [7, 11) is 0. The first-order valence-electron chi connectivity index (χ1n) is 11.3. The van der Waals surface area contributed by atoms with E-state index in [1.165, 1.54) is 0 Å². The number of nitrogens with zero attached hydrogens (tertiary/aromatic N) is 3. The Balaban J connectivity index is 1.51. The smallest absolute Gasteiger partial charge is 0.345 e. The lowest BCUT2D eigenvalue weighted by Crippen LogP contribution is -2.24. The monoisotopic (exact) mass is 559 g/mol. The van der Waals surface area contributed by atoms with Gasteiger partial charge in [0.05, 0.1) is 28.6 Å². The molecule has 4 rings (SSSR count). The van der Waals surface area contributed by atoms with Crippen molar-refractivity contribution in [2.75, 3.05) is 11.1 Å². The van der Waals surface area contributed by atoms with Crippen molar-refractivity contribution in [1.82, 2.24) is 20.1 Å². The summed E-state index contributed by atoms with van der Waals surface area (Å²) in [4.78, 5) is 25.1. The SMILES string of the molecule is Cc1cccc(-n2c(CNC(=O)c3ccccc3)nnc2SCC(=O)Nc2cc(C(F)(F)F)ccc2Cl)c1. The Morgan fingerprint density at radius 3 is 2.47 bits per heavy atom. The molecule has 0 aliphatic rings. The Kier molecular flexibility index (Phi) is 8.38. The first kappa shape index (κ1) is 27.2. The van der Waals surface area contributed by atoms with Crippen molar-refractivity contribution in [3.63, 3.8) is 0 Å². The predicted molar refractivity (Wildman–Crippen MR) is 140 cm³/mol. The molecule has 4 aromatic rings. The standard InChI is InChI=1S/C26H21ClF3N5O2S/c1-16-6-5-9-19(12-16)35-22(14-31-24(37)17-7-3-2-4-8-17)33-34-25(35)38-15-23(36)32-21-13-18(26(28,29)30)10-11-20(21)27/h2-13H,14-15H2,1H3,(H,31,37)(H,32,36). The number of anilines is 1. The normalized spacial score (nSPS) is 11.3. The molecule has 12 heteroatoms. The van der Waals surface area contributed by atoms with E-state index in [0.717, 1.165) is 41.2 Å². The van der Waals surface area contributed by atoms with E-state index in [9.17, 15) is 22.8 Å². The highest BCUT2D eigenvalue weighted by Crippen LogP contribution is 2.34. The lowest BCUT2D eigenvalue weighted by atomic mass is 10.2. The quantitative estimate of drug-likeness (QED) is 0.262. The number of thioether (sulfide) groups is 1. The molecule has 0 spiro atoms. The first-order chi connectivity index (χ1) is 18.1. The minimum absolute atomic E-state index is 0.0179. The second-order valence-electron chi connectivity index (χ2n) is 8.15. The Morgan fingerprint density at radius 2 is 1.76 bits per heavy atom. The fourth-order valence-electron chi connectivity index (χ4n) is 3.50. The fourth-order valence-corrected chi connectivity index (χ4v) is 4.43. The van der Waals surface area contributed by atoms with Crippen molar-refractivity contribution in [2.24, 2.45) is 0 Å². The van der Waals surface area contributed by atoms with E-state index < -0.39 is 17.6 Å². The number of aryl methyl sites for hydroxylation is 1. The highest BCUT2D eigenvalue weighted by atomic mass is 35.5. The van der Waals surface area contributed by atoms with Crippen LogP contribution in [-0.4, -0.2) is 32.3 Å². The molecule has 0 radical (unpaired) electrons. The maximum absolute atomic E-state index is 13.0. The number of benzene rings is 3. The minimum Gasteiger partial charge on any atom is -0.345 e. The molecule has 38 heavy (non-hydrogen) atoms. The molecule has 0 aliphatic heterocycles. The lowest BCUT2D eigenvalue weighted by Gasteiger charge is -2.13. The van der Waals surface area contributed by atoms with Gasteiger partial charge in [-0.2, -0.15) is 13.2 Å². The van der Waals surface area contributed by atoms with Crippen LogP contribution in [0.15, 0.2) is 78.0 Å². The molecule has 0 bridgehead atoms. The number of amides is 2. The summed E-state index contributed by atoms with van der Waals surface area (Å²) in [5.41, 5.74) is 1.13. The van der Waals surface area contributed by atoms with Crippen LogP contribution in [0.1, 0.15) is 27.3 Å². The topological polar surface area (TPSA) is 88.9 Å². The Bertz CT molecular complexity index is 1460. The third-order valence-electron chi connectivity index (χ3n) is 5.30. The summed E-state index contributed by atoms with van der Waals surface area (Å²) < 4.78 is 40.9. The van der Waals surface area contributed by atoms with Gasteiger partial charge in [0.15, 0.2) is 11.0 Å². The van der Waals surface area contributed by atoms with Gasteiger partial charge >= 0.3 is 6.18 Å². The van der Waals surface area contributed by atoms with Gasteiger partial charge in [-0.1, -0.05) is 53.7 Å². The van der Waals surface area contributed by atoms with E-state index >= 15 is 0 Å². The van der Waals surface area contributed by atoms with Crippen LogP contribution in [0.25, 0.3) is 5.69 Å². The molecular weight excluding hydrogens is 539 g/mol. The van der Waals surface area contributed by atoms with Crippen LogP contribution in [0.5, 0.6) is 0 Å². The first-order valence-corrected chi connectivity index (χ1v) is 12.6. The maximum Gasteiger partial charge on any atom is 0.416 e. The number of hydrogen-bond donors (Lipinski definition) is 2. The molecule has 1 aromatic heterocycles. The number of nitrogens with one attached hydrogen (secondary N) is 2. The van der Waals surface area contributed by atoms with Crippen molar-refractivity contribution in [1.29, 1.82) is 0 Å². The molecule has 0 saturated carbocycles. The summed E-state index contributed by atoms with van der Waals surface area (Å²) in [5.74, 6) is -0.596. The largest absolute Gasteiger partial charge is 0.416 e. The van der Waals surface area contributed by atoms with Crippen LogP contribution in [-0.2, 0) is 17.5 Å². The zero-order chi connectivity index (χ0) is 27.3. The Morgan fingerprint density at radius 1 is 1.00 bits per heavy atom. The van der Waals surface area contributed by atoms with Crippen molar-refractivity contribution in [3.05, 3.63) is 100 Å². The molecule has 196 valence electrons. The molecule has 0 aliphatic carbocycles. The third kappa shape index (κ3) is 6.73. The van der Waals surface area contributed by atoms with Crippen molar-refractivity contribution >= 4 is 40.9 Å². The van der Waals surface area contributed by atoms with Crippen molar-refractivity contribution < 1.29 is 22.8 Å². The van der Waals surface area contributed by atoms with Gasteiger partial charge in [0.25, 0.3) is 5.91 Å². The van der Waals surface area contributed by atoms with E-state index in [0.29, 0.717) is 16.5 Å². The van der Waals surface area contributed by atoms with Crippen molar-refractivity contribution in [3.8, 4) is 5.69 Å². The number of carbonyl (C=O) groups excluding carboxylic acids is 2. The van der Waals surface area contributed by atoms with Crippen LogP contribution < -0.4 is 10.6 Å². The average Bonchev–Trinajstić information content (AvgIpc) is 3.30. The van der Waals surface area contributed by atoms with Gasteiger partial charge < -0.3 is 10.6 Å². The van der Waals surface area contributed by atoms with Crippen molar-refractivity contribution in [2.45, 2.75) is 24.8 Å². The summed E-state index contributed by atoms with van der Waals surface area (Å²) in [6, 6.07) is 18.9. The molecule has 3 aromatic carbocycles. The van der Waals surface area contributed by atoms with E-state index in [1.807, 2.05) is 37.3 Å². The van der Waals surface area contributed by atoms with Gasteiger partial charge in [-0.25, -0.2) is 0 Å². The van der Waals surface area contributed by atoms with Crippen LogP contribution in [0.3, 0.4) is 0 Å². The zero-order valence-electron chi connectivity index (χ0n) is 19.9. The highest BCUT2D eigenvalue weighted by molar-refractivity contribution is 7.99. The zero-order valence-corrected chi connectivity index (χ0v) is 21.5. The van der Waals surface area contributed by atoms with Crippen LogP contribution in [0.2, 0.25) is 5.02 Å². The lowest BCUT2D eigenvalue weighted by molar-refractivity contribution is -0.137. The summed E-state index contributed by atoms with van der Waals surface area (Å²) in [5, 5.41) is 14.0. The van der Waals surface area contributed by atoms with E-state index in [2.05, 4.69) is 20.8 Å². The number of carbonyl (C=O) groups is 2. The number of rotatable bonds is 8. The molecule has 0 saturated heterocycles. The molecule has 0 unspecified atom stereocenters. The molecule has 1 heterocycles. The number of halogens is 4.